The lowest BCUT2D eigenvalue weighted by Crippen LogP contribution is -2.52. The summed E-state index contributed by atoms with van der Waals surface area (Å²) in [6.45, 7) is 0. The lowest BCUT2D eigenvalue weighted by molar-refractivity contribution is 0.296. The van der Waals surface area contributed by atoms with Crippen LogP contribution in [0.25, 0.3) is 0 Å². The van der Waals surface area contributed by atoms with E-state index >= 15 is 0 Å². The highest BCUT2D eigenvalue weighted by Gasteiger charge is 2.41. The molecule has 1 aromatic carbocycles. The minimum atomic E-state index is -3.69. The molecule has 1 aliphatic carbocycles. The zero-order chi connectivity index (χ0) is 13.4. The topological polar surface area (TPSA) is 70.0 Å². The molecule has 1 N–H and O–H groups in total. The highest BCUT2D eigenvalue weighted by atomic mass is 79.9. The van der Waals surface area contributed by atoms with Gasteiger partial charge in [0.25, 0.3) is 0 Å². The molecule has 0 aliphatic heterocycles. The van der Waals surface area contributed by atoms with Crippen molar-refractivity contribution in [2.75, 3.05) is 0 Å². The molecule has 0 saturated heterocycles. The number of nitrogens with one attached hydrogen (secondary N) is 1. The summed E-state index contributed by atoms with van der Waals surface area (Å²) in [6, 6.07) is 6.96. The van der Waals surface area contributed by atoms with Crippen molar-refractivity contribution in [3.05, 3.63) is 27.1 Å². The van der Waals surface area contributed by atoms with Crippen LogP contribution in [0, 0.1) is 11.3 Å². The summed E-state index contributed by atoms with van der Waals surface area (Å²) < 4.78 is 28.2. The Hall–Kier alpha value is -0.420. The first-order chi connectivity index (χ1) is 8.38. The first kappa shape index (κ1) is 14.0. The summed E-state index contributed by atoms with van der Waals surface area (Å²) in [6.07, 6.45) is 2.00. The fraction of sp³-hybridized carbons (Fsp3) is 0.364. The van der Waals surface area contributed by atoms with Gasteiger partial charge in [0.1, 0.15) is 5.54 Å². The average Bonchev–Trinajstić information content (AvgIpc) is 2.27. The lowest BCUT2D eigenvalue weighted by atomic mass is 9.79. The summed E-state index contributed by atoms with van der Waals surface area (Å²) in [4.78, 5) is 0.137. The maximum Gasteiger partial charge on any atom is 0.243 e. The zero-order valence-corrected chi connectivity index (χ0v) is 13.3. The molecular weight excluding hydrogens is 384 g/mol. The maximum absolute atomic E-state index is 12.3. The van der Waals surface area contributed by atoms with Gasteiger partial charge in [0.2, 0.25) is 10.0 Å². The van der Waals surface area contributed by atoms with Gasteiger partial charge in [-0.1, -0.05) is 15.9 Å². The van der Waals surface area contributed by atoms with E-state index in [1.807, 2.05) is 0 Å². The largest absolute Gasteiger partial charge is 0.243 e. The van der Waals surface area contributed by atoms with Gasteiger partial charge in [-0.2, -0.15) is 9.98 Å². The quantitative estimate of drug-likeness (QED) is 0.858. The molecule has 1 aliphatic rings. The van der Waals surface area contributed by atoms with E-state index in [0.29, 0.717) is 21.8 Å². The average molecular weight is 394 g/mol. The third-order valence-corrected chi connectivity index (χ3v) is 5.96. The Balaban J connectivity index is 2.37. The first-order valence-electron chi connectivity index (χ1n) is 5.29. The predicted molar refractivity (Wildman–Crippen MR) is 74.4 cm³/mol. The Bertz CT molecular complexity index is 618. The number of rotatable bonds is 3. The molecule has 1 saturated carbocycles. The standard InChI is InChI=1S/C11H10Br2N2O2S/c12-8-2-3-9(13)10(6-8)18(16,17)15-11(7-14)4-1-5-11/h2-3,6,15H,1,4-5H2. The molecule has 7 heteroatoms. The highest BCUT2D eigenvalue weighted by molar-refractivity contribution is 9.11. The number of sulfonamides is 1. The molecule has 0 atom stereocenters. The van der Waals surface area contributed by atoms with E-state index < -0.39 is 15.6 Å². The van der Waals surface area contributed by atoms with E-state index in [1.54, 1.807) is 12.1 Å². The number of benzene rings is 1. The van der Waals surface area contributed by atoms with Crippen molar-refractivity contribution in [1.29, 1.82) is 5.26 Å². The van der Waals surface area contributed by atoms with E-state index in [9.17, 15) is 8.42 Å². The molecule has 4 nitrogen and oxygen atoms in total. The molecule has 0 bridgehead atoms. The molecule has 0 heterocycles. The van der Waals surface area contributed by atoms with Crippen LogP contribution in [0.5, 0.6) is 0 Å². The second kappa shape index (κ2) is 4.93. The molecule has 96 valence electrons. The fourth-order valence-corrected chi connectivity index (χ4v) is 4.64. The molecule has 2 rings (SSSR count). The van der Waals surface area contributed by atoms with Crippen molar-refractivity contribution in [1.82, 2.24) is 4.72 Å². The third-order valence-electron chi connectivity index (χ3n) is 2.93. The molecule has 1 aromatic rings. The van der Waals surface area contributed by atoms with Crippen molar-refractivity contribution in [2.45, 2.75) is 29.7 Å². The van der Waals surface area contributed by atoms with Crippen LogP contribution in [0.4, 0.5) is 0 Å². The fourth-order valence-electron chi connectivity index (χ4n) is 1.76. The number of hydrogen-bond donors (Lipinski definition) is 1. The van der Waals surface area contributed by atoms with Gasteiger partial charge < -0.3 is 0 Å². The molecule has 18 heavy (non-hydrogen) atoms. The Morgan fingerprint density at radius 1 is 1.33 bits per heavy atom. The Labute approximate surface area is 123 Å². The number of halogens is 2. The van der Waals surface area contributed by atoms with Crippen LogP contribution in [0.15, 0.2) is 32.0 Å². The van der Waals surface area contributed by atoms with Crippen LogP contribution in [0.3, 0.4) is 0 Å². The second-order valence-corrected chi connectivity index (χ2v) is 7.65. The summed E-state index contributed by atoms with van der Waals surface area (Å²) in [5.41, 5.74) is -0.930. The molecular formula is C11H10Br2N2O2S. The van der Waals surface area contributed by atoms with Gasteiger partial charge in [-0.3, -0.25) is 0 Å². The van der Waals surface area contributed by atoms with E-state index in [0.717, 1.165) is 6.42 Å². The van der Waals surface area contributed by atoms with Crippen molar-refractivity contribution in [3.8, 4) is 6.07 Å². The minimum Gasteiger partial charge on any atom is -0.207 e. The van der Waals surface area contributed by atoms with Gasteiger partial charge in [-0.25, -0.2) is 8.42 Å². The van der Waals surface area contributed by atoms with Crippen molar-refractivity contribution in [2.24, 2.45) is 0 Å². The molecule has 0 amide bonds. The van der Waals surface area contributed by atoms with Crippen molar-refractivity contribution >= 4 is 41.9 Å². The van der Waals surface area contributed by atoms with E-state index in [2.05, 4.69) is 42.7 Å². The van der Waals surface area contributed by atoms with Crippen molar-refractivity contribution in [3.63, 3.8) is 0 Å². The van der Waals surface area contributed by atoms with E-state index in [-0.39, 0.29) is 4.90 Å². The van der Waals surface area contributed by atoms with Gasteiger partial charge in [0.05, 0.1) is 11.0 Å². The second-order valence-electron chi connectivity index (χ2n) is 4.23. The molecule has 0 radical (unpaired) electrons. The summed E-state index contributed by atoms with van der Waals surface area (Å²) in [5.74, 6) is 0. The van der Waals surface area contributed by atoms with Gasteiger partial charge in [-0.15, -0.1) is 0 Å². The summed E-state index contributed by atoms with van der Waals surface area (Å²) in [7, 11) is -3.69. The van der Waals surface area contributed by atoms with Crippen LogP contribution in [-0.4, -0.2) is 14.0 Å². The number of nitriles is 1. The van der Waals surface area contributed by atoms with Gasteiger partial charge >= 0.3 is 0 Å². The first-order valence-corrected chi connectivity index (χ1v) is 8.36. The van der Waals surface area contributed by atoms with Crippen LogP contribution in [0.2, 0.25) is 0 Å². The van der Waals surface area contributed by atoms with Crippen molar-refractivity contribution < 1.29 is 8.42 Å². The van der Waals surface area contributed by atoms with Crippen LogP contribution >= 0.6 is 31.9 Å². The van der Waals surface area contributed by atoms with Gasteiger partial charge in [-0.05, 0) is 53.4 Å². The summed E-state index contributed by atoms with van der Waals surface area (Å²) >= 11 is 6.45. The minimum absolute atomic E-state index is 0.137. The molecule has 0 spiro atoms. The number of hydrogen-bond acceptors (Lipinski definition) is 3. The Morgan fingerprint density at radius 3 is 2.50 bits per heavy atom. The zero-order valence-electron chi connectivity index (χ0n) is 9.28. The SMILES string of the molecule is N#CC1(NS(=O)(=O)c2cc(Br)ccc2Br)CCC1. The molecule has 0 aromatic heterocycles. The highest BCUT2D eigenvalue weighted by Crippen LogP contribution is 2.34. The maximum atomic E-state index is 12.3. The van der Waals surface area contributed by atoms with Crippen LogP contribution < -0.4 is 4.72 Å². The lowest BCUT2D eigenvalue weighted by Gasteiger charge is -2.35. The van der Waals surface area contributed by atoms with Crippen LogP contribution in [-0.2, 0) is 10.0 Å². The van der Waals surface area contributed by atoms with Gasteiger partial charge in [0.15, 0.2) is 0 Å². The molecule has 1 fully saturated rings. The normalized spacial score (nSPS) is 17.8. The van der Waals surface area contributed by atoms with E-state index in [1.165, 1.54) is 6.07 Å². The Morgan fingerprint density at radius 2 is 2.00 bits per heavy atom. The monoisotopic (exact) mass is 392 g/mol. The van der Waals surface area contributed by atoms with E-state index in [4.69, 9.17) is 5.26 Å². The summed E-state index contributed by atoms with van der Waals surface area (Å²) in [5, 5.41) is 9.07. The molecule has 0 unspecified atom stereocenters. The number of nitrogens with zero attached hydrogens (tertiary/aromatic N) is 1. The smallest absolute Gasteiger partial charge is 0.207 e. The third kappa shape index (κ3) is 2.62. The van der Waals surface area contributed by atoms with Crippen LogP contribution in [0.1, 0.15) is 19.3 Å². The predicted octanol–water partition coefficient (Wildman–Crippen LogP) is 2.94. The Kier molecular flexibility index (Phi) is 3.83. The van der Waals surface area contributed by atoms with Gasteiger partial charge in [0, 0.05) is 8.95 Å².